The highest BCUT2D eigenvalue weighted by Crippen LogP contribution is 2.14. The second-order valence-electron chi connectivity index (χ2n) is 5.91. The number of amides is 1. The zero-order valence-electron chi connectivity index (χ0n) is 12.4. The topological polar surface area (TPSA) is 76.8 Å². The zero-order valence-corrected chi connectivity index (χ0v) is 12.4. The van der Waals surface area contributed by atoms with Gasteiger partial charge >= 0.3 is 6.09 Å². The van der Waals surface area contributed by atoms with Crippen LogP contribution >= 0.6 is 0 Å². The highest BCUT2D eigenvalue weighted by molar-refractivity contribution is 5.67. The van der Waals surface area contributed by atoms with Crippen LogP contribution in [-0.2, 0) is 9.47 Å². The number of nitrogens with zero attached hydrogens (tertiary/aromatic N) is 1. The third kappa shape index (κ3) is 5.76. The summed E-state index contributed by atoms with van der Waals surface area (Å²) in [7, 11) is 1.73. The van der Waals surface area contributed by atoms with Crippen LogP contribution < -0.4 is 11.1 Å². The Kier molecular flexibility index (Phi) is 6.03. The van der Waals surface area contributed by atoms with E-state index in [1.165, 1.54) is 0 Å². The lowest BCUT2D eigenvalue weighted by molar-refractivity contribution is 0.0507. The van der Waals surface area contributed by atoms with Gasteiger partial charge in [0.05, 0.1) is 6.10 Å². The molecule has 0 aromatic rings. The van der Waals surface area contributed by atoms with E-state index in [-0.39, 0.29) is 12.1 Å². The number of likely N-dealkylation sites (tertiary alicyclic amines) is 1. The molecular weight excluding hydrogens is 246 g/mol. The van der Waals surface area contributed by atoms with Crippen LogP contribution in [0.3, 0.4) is 0 Å². The summed E-state index contributed by atoms with van der Waals surface area (Å²) in [6.45, 7) is 8.36. The number of hydrogen-bond donors (Lipinski definition) is 2. The average Bonchev–Trinajstić information content (AvgIpc) is 2.76. The first-order valence-electron chi connectivity index (χ1n) is 6.79. The third-order valence-corrected chi connectivity index (χ3v) is 3.18. The van der Waals surface area contributed by atoms with Gasteiger partial charge < -0.3 is 20.5 Å². The first-order valence-corrected chi connectivity index (χ1v) is 6.79. The molecule has 6 heteroatoms. The molecule has 0 saturated carbocycles. The number of nitrogens with two attached hydrogens (primary N) is 1. The first kappa shape index (κ1) is 16.2. The molecule has 1 aliphatic heterocycles. The number of hydrogen-bond acceptors (Lipinski definition) is 5. The molecule has 112 valence electrons. The molecule has 0 aliphatic carbocycles. The number of nitrogens with one attached hydrogen (secondary N) is 1. The molecule has 6 nitrogen and oxygen atoms in total. The monoisotopic (exact) mass is 273 g/mol. The van der Waals surface area contributed by atoms with E-state index in [0.717, 1.165) is 19.5 Å². The van der Waals surface area contributed by atoms with Gasteiger partial charge in [-0.2, -0.15) is 0 Å². The van der Waals surface area contributed by atoms with Gasteiger partial charge in [-0.15, -0.1) is 0 Å². The summed E-state index contributed by atoms with van der Waals surface area (Å²) in [5, 5.41) is 2.78. The van der Waals surface area contributed by atoms with Crippen molar-refractivity contribution in [2.24, 2.45) is 5.73 Å². The van der Waals surface area contributed by atoms with E-state index in [1.807, 2.05) is 20.8 Å². The van der Waals surface area contributed by atoms with E-state index in [9.17, 15) is 4.79 Å². The van der Waals surface area contributed by atoms with Crippen LogP contribution in [0.5, 0.6) is 0 Å². The molecule has 2 unspecified atom stereocenters. The van der Waals surface area contributed by atoms with Gasteiger partial charge in [0.1, 0.15) is 5.60 Å². The maximum atomic E-state index is 11.6. The Morgan fingerprint density at radius 2 is 2.21 bits per heavy atom. The van der Waals surface area contributed by atoms with E-state index in [1.54, 1.807) is 7.11 Å². The van der Waals surface area contributed by atoms with Crippen molar-refractivity contribution < 1.29 is 14.3 Å². The van der Waals surface area contributed by atoms with Crippen molar-refractivity contribution >= 4 is 6.09 Å². The number of methoxy groups -OCH3 is 1. The Hall–Kier alpha value is -0.850. The molecule has 0 bridgehead atoms. The van der Waals surface area contributed by atoms with Gasteiger partial charge in [0, 0.05) is 39.3 Å². The summed E-state index contributed by atoms with van der Waals surface area (Å²) in [4.78, 5) is 13.9. The Labute approximate surface area is 115 Å². The van der Waals surface area contributed by atoms with E-state index < -0.39 is 11.7 Å². The van der Waals surface area contributed by atoms with Crippen LogP contribution in [0.25, 0.3) is 0 Å². The number of alkyl carbamates (subject to hydrolysis) is 1. The number of carbonyl (C=O) groups excluding carboxylic acids is 1. The lowest BCUT2D eigenvalue weighted by atomic mass is 10.2. The standard InChI is InChI=1S/C13H27N3O3/c1-13(2,3)19-12(17)15-8-10(7-14)16-6-5-11(9-16)18-4/h10-11H,5-9,14H2,1-4H3,(H,15,17). The maximum Gasteiger partial charge on any atom is 0.407 e. The number of ether oxygens (including phenoxy) is 2. The van der Waals surface area contributed by atoms with Gasteiger partial charge in [-0.05, 0) is 27.2 Å². The molecule has 3 N–H and O–H groups in total. The van der Waals surface area contributed by atoms with Gasteiger partial charge in [0.15, 0.2) is 0 Å². The van der Waals surface area contributed by atoms with Crippen molar-refractivity contribution in [2.45, 2.75) is 44.9 Å². The van der Waals surface area contributed by atoms with Crippen molar-refractivity contribution in [3.63, 3.8) is 0 Å². The van der Waals surface area contributed by atoms with Crippen LogP contribution in [-0.4, -0.2) is 62.0 Å². The van der Waals surface area contributed by atoms with Crippen LogP contribution in [0.4, 0.5) is 4.79 Å². The second kappa shape index (κ2) is 7.07. The molecule has 0 aromatic carbocycles. The van der Waals surface area contributed by atoms with E-state index in [2.05, 4.69) is 10.2 Å². The molecule has 1 heterocycles. The normalized spacial score (nSPS) is 22.3. The van der Waals surface area contributed by atoms with E-state index in [0.29, 0.717) is 13.1 Å². The molecule has 1 aliphatic rings. The minimum Gasteiger partial charge on any atom is -0.444 e. The molecule has 0 spiro atoms. The summed E-state index contributed by atoms with van der Waals surface area (Å²) < 4.78 is 10.5. The average molecular weight is 273 g/mol. The lowest BCUT2D eigenvalue weighted by Gasteiger charge is -2.27. The largest absolute Gasteiger partial charge is 0.444 e. The van der Waals surface area contributed by atoms with Gasteiger partial charge in [-0.25, -0.2) is 4.79 Å². The molecule has 1 amide bonds. The van der Waals surface area contributed by atoms with Crippen molar-refractivity contribution in [2.75, 3.05) is 33.3 Å². The molecule has 1 rings (SSSR count). The van der Waals surface area contributed by atoms with Gasteiger partial charge in [0.25, 0.3) is 0 Å². The highest BCUT2D eigenvalue weighted by atomic mass is 16.6. The third-order valence-electron chi connectivity index (χ3n) is 3.18. The van der Waals surface area contributed by atoms with E-state index >= 15 is 0 Å². The Bertz CT molecular complexity index is 291. The van der Waals surface area contributed by atoms with E-state index in [4.69, 9.17) is 15.2 Å². The minimum atomic E-state index is -0.475. The van der Waals surface area contributed by atoms with Crippen LogP contribution in [0, 0.1) is 0 Å². The second-order valence-corrected chi connectivity index (χ2v) is 5.91. The predicted molar refractivity (Wildman–Crippen MR) is 74.1 cm³/mol. The summed E-state index contributed by atoms with van der Waals surface area (Å²) in [6, 6.07) is 0.132. The fraction of sp³-hybridized carbons (Fsp3) is 0.923. The SMILES string of the molecule is COC1CCN(C(CN)CNC(=O)OC(C)(C)C)C1. The molecule has 1 fully saturated rings. The molecule has 0 radical (unpaired) electrons. The quantitative estimate of drug-likeness (QED) is 0.765. The molecule has 1 saturated heterocycles. The van der Waals surface area contributed by atoms with Crippen molar-refractivity contribution in [1.29, 1.82) is 0 Å². The van der Waals surface area contributed by atoms with Gasteiger partial charge in [-0.1, -0.05) is 0 Å². The van der Waals surface area contributed by atoms with Gasteiger partial charge in [0.2, 0.25) is 0 Å². The highest BCUT2D eigenvalue weighted by Gasteiger charge is 2.28. The van der Waals surface area contributed by atoms with Crippen LogP contribution in [0.2, 0.25) is 0 Å². The summed E-state index contributed by atoms with van der Waals surface area (Å²) in [5.41, 5.74) is 5.30. The van der Waals surface area contributed by atoms with Crippen LogP contribution in [0.15, 0.2) is 0 Å². The fourth-order valence-corrected chi connectivity index (χ4v) is 2.15. The zero-order chi connectivity index (χ0) is 14.5. The predicted octanol–water partition coefficient (Wildman–Crippen LogP) is 0.559. The lowest BCUT2D eigenvalue weighted by Crippen LogP contribution is -2.48. The van der Waals surface area contributed by atoms with Crippen molar-refractivity contribution in [3.05, 3.63) is 0 Å². The smallest absolute Gasteiger partial charge is 0.407 e. The number of carbonyl (C=O) groups is 1. The van der Waals surface area contributed by atoms with Crippen molar-refractivity contribution in [3.8, 4) is 0 Å². The van der Waals surface area contributed by atoms with Crippen LogP contribution in [0.1, 0.15) is 27.2 Å². The molecular formula is C13H27N3O3. The first-order chi connectivity index (χ1) is 8.85. The number of rotatable bonds is 5. The summed E-state index contributed by atoms with van der Waals surface area (Å²) >= 11 is 0. The summed E-state index contributed by atoms with van der Waals surface area (Å²) in [5.74, 6) is 0. The Balaban J connectivity index is 2.35. The molecule has 0 aromatic heterocycles. The van der Waals surface area contributed by atoms with Gasteiger partial charge in [-0.3, -0.25) is 4.90 Å². The Morgan fingerprint density at radius 1 is 1.53 bits per heavy atom. The Morgan fingerprint density at radius 3 is 2.68 bits per heavy atom. The van der Waals surface area contributed by atoms with Crippen molar-refractivity contribution in [1.82, 2.24) is 10.2 Å². The molecule has 19 heavy (non-hydrogen) atoms. The maximum absolute atomic E-state index is 11.6. The summed E-state index contributed by atoms with van der Waals surface area (Å²) in [6.07, 6.45) is 0.892. The fourth-order valence-electron chi connectivity index (χ4n) is 2.15. The molecule has 2 atom stereocenters. The minimum absolute atomic E-state index is 0.132.